The van der Waals surface area contributed by atoms with Crippen LogP contribution in [0, 0.1) is 0 Å². The lowest BCUT2D eigenvalue weighted by molar-refractivity contribution is 0.251. The van der Waals surface area contributed by atoms with Crippen LogP contribution in [-0.4, -0.2) is 21.1 Å². The quantitative estimate of drug-likeness (QED) is 0.689. The monoisotopic (exact) mass is 300 g/mol. The number of aromatic hydroxyl groups is 1. The molecule has 4 N–H and O–H groups in total. The molecule has 1 aromatic carbocycles. The van der Waals surface area contributed by atoms with E-state index >= 15 is 0 Å². The molecule has 0 radical (unpaired) electrons. The number of aromatic amines is 1. The molecule has 0 spiro atoms. The summed E-state index contributed by atoms with van der Waals surface area (Å²) in [6.45, 7) is 0.289. The Morgan fingerprint density at radius 2 is 2.05 bits per heavy atom. The summed E-state index contributed by atoms with van der Waals surface area (Å²) in [5, 5.41) is 14.3. The first kappa shape index (κ1) is 14.1. The summed E-state index contributed by atoms with van der Waals surface area (Å²) in [4.78, 5) is 30.5. The van der Waals surface area contributed by atoms with Crippen LogP contribution >= 0.6 is 0 Å². The van der Waals surface area contributed by atoms with Gasteiger partial charge in [0.2, 0.25) is 0 Å². The third-order valence-electron chi connectivity index (χ3n) is 3.42. The Kier molecular flexibility index (Phi) is 3.78. The van der Waals surface area contributed by atoms with Gasteiger partial charge >= 0.3 is 6.03 Å². The fourth-order valence-corrected chi connectivity index (χ4v) is 2.02. The second-order valence-electron chi connectivity index (χ2n) is 5.26. The molecule has 0 bridgehead atoms. The van der Waals surface area contributed by atoms with E-state index in [2.05, 4.69) is 20.6 Å². The highest BCUT2D eigenvalue weighted by atomic mass is 16.3. The van der Waals surface area contributed by atoms with E-state index in [1.165, 1.54) is 6.20 Å². The molecule has 22 heavy (non-hydrogen) atoms. The minimum atomic E-state index is -0.487. The van der Waals surface area contributed by atoms with Gasteiger partial charge in [-0.15, -0.1) is 0 Å². The molecule has 2 amide bonds. The summed E-state index contributed by atoms with van der Waals surface area (Å²) in [7, 11) is 0. The van der Waals surface area contributed by atoms with E-state index in [0.29, 0.717) is 11.7 Å². The molecule has 1 heterocycles. The number of carbonyl (C=O) groups is 1. The summed E-state index contributed by atoms with van der Waals surface area (Å²) in [5.74, 6) is 1.20. The topological polar surface area (TPSA) is 107 Å². The van der Waals surface area contributed by atoms with Crippen LogP contribution < -0.4 is 16.2 Å². The van der Waals surface area contributed by atoms with E-state index in [0.717, 1.165) is 18.4 Å². The Balaban J connectivity index is 1.57. The van der Waals surface area contributed by atoms with Gasteiger partial charge in [-0.05, 0) is 30.5 Å². The van der Waals surface area contributed by atoms with Crippen LogP contribution in [0.2, 0.25) is 0 Å². The van der Waals surface area contributed by atoms with Gasteiger partial charge in [0, 0.05) is 12.5 Å². The highest BCUT2D eigenvalue weighted by Gasteiger charge is 2.26. The van der Waals surface area contributed by atoms with Crippen molar-refractivity contribution in [1.82, 2.24) is 15.3 Å². The minimum absolute atomic E-state index is 0.118. The first-order valence-corrected chi connectivity index (χ1v) is 7.04. The number of urea groups is 1. The minimum Gasteiger partial charge on any atom is -0.508 e. The van der Waals surface area contributed by atoms with Crippen molar-refractivity contribution < 1.29 is 9.90 Å². The molecule has 0 unspecified atom stereocenters. The van der Waals surface area contributed by atoms with E-state index in [9.17, 15) is 14.7 Å². The van der Waals surface area contributed by atoms with Crippen LogP contribution in [0.4, 0.5) is 10.5 Å². The van der Waals surface area contributed by atoms with Crippen molar-refractivity contribution in [2.45, 2.75) is 25.3 Å². The molecular formula is C15H16N4O3. The standard InChI is InChI=1S/C15H16N4O3/c20-11-5-1-9(2-6-11)7-17-15(22)18-12-8-16-13(10-3-4-10)19-14(12)21/h1-2,5-6,8,10,20H,3-4,7H2,(H,16,19,21)(H2,17,18,22). The molecule has 114 valence electrons. The molecule has 1 aliphatic rings. The first-order valence-electron chi connectivity index (χ1n) is 7.04. The zero-order valence-corrected chi connectivity index (χ0v) is 11.8. The van der Waals surface area contributed by atoms with E-state index in [4.69, 9.17) is 0 Å². The first-order chi connectivity index (χ1) is 10.6. The van der Waals surface area contributed by atoms with Crippen LogP contribution in [0.15, 0.2) is 35.3 Å². The number of aromatic nitrogens is 2. The van der Waals surface area contributed by atoms with Gasteiger partial charge in [0.05, 0.1) is 6.20 Å². The molecule has 7 nitrogen and oxygen atoms in total. The van der Waals surface area contributed by atoms with Crippen molar-refractivity contribution in [3.63, 3.8) is 0 Å². The maximum atomic E-state index is 11.9. The lowest BCUT2D eigenvalue weighted by atomic mass is 10.2. The second kappa shape index (κ2) is 5.88. The van der Waals surface area contributed by atoms with Crippen LogP contribution in [0.3, 0.4) is 0 Å². The molecule has 2 aromatic rings. The zero-order valence-electron chi connectivity index (χ0n) is 11.8. The highest BCUT2D eigenvalue weighted by Crippen LogP contribution is 2.37. The average Bonchev–Trinajstić information content (AvgIpc) is 3.33. The Morgan fingerprint density at radius 1 is 1.32 bits per heavy atom. The van der Waals surface area contributed by atoms with Crippen molar-refractivity contribution in [1.29, 1.82) is 0 Å². The molecule has 1 saturated carbocycles. The maximum absolute atomic E-state index is 11.9. The fourth-order valence-electron chi connectivity index (χ4n) is 2.02. The molecular weight excluding hydrogens is 284 g/mol. The number of hydrogen-bond acceptors (Lipinski definition) is 4. The van der Waals surface area contributed by atoms with Crippen LogP contribution in [0.25, 0.3) is 0 Å². The van der Waals surface area contributed by atoms with Crippen LogP contribution in [-0.2, 0) is 6.54 Å². The lowest BCUT2D eigenvalue weighted by Crippen LogP contribution is -2.31. The van der Waals surface area contributed by atoms with Gasteiger partial charge in [-0.1, -0.05) is 12.1 Å². The number of benzene rings is 1. The van der Waals surface area contributed by atoms with Gasteiger partial charge in [0.25, 0.3) is 5.56 Å². The van der Waals surface area contributed by atoms with E-state index in [-0.39, 0.29) is 23.5 Å². The number of rotatable bonds is 4. The number of nitrogens with one attached hydrogen (secondary N) is 3. The number of nitrogens with zero attached hydrogens (tertiary/aromatic N) is 1. The summed E-state index contributed by atoms with van der Waals surface area (Å²) >= 11 is 0. The van der Waals surface area contributed by atoms with Gasteiger partial charge in [0.15, 0.2) is 0 Å². The molecule has 0 atom stereocenters. The van der Waals surface area contributed by atoms with E-state index in [1.807, 2.05) is 0 Å². The molecule has 1 aromatic heterocycles. The molecule has 3 rings (SSSR count). The SMILES string of the molecule is O=C(NCc1ccc(O)cc1)Nc1cnc(C2CC2)[nH]c1=O. The molecule has 7 heteroatoms. The predicted molar refractivity (Wildman–Crippen MR) is 80.8 cm³/mol. The largest absolute Gasteiger partial charge is 0.508 e. The highest BCUT2D eigenvalue weighted by molar-refractivity contribution is 5.88. The van der Waals surface area contributed by atoms with Crippen LogP contribution in [0.5, 0.6) is 5.75 Å². The fraction of sp³-hybridized carbons (Fsp3) is 0.267. The van der Waals surface area contributed by atoms with Crippen molar-refractivity contribution in [2.75, 3.05) is 5.32 Å². The van der Waals surface area contributed by atoms with Gasteiger partial charge in [0.1, 0.15) is 17.3 Å². The Morgan fingerprint density at radius 3 is 2.68 bits per heavy atom. The van der Waals surface area contributed by atoms with E-state index < -0.39 is 6.03 Å². The number of phenolic OH excluding ortho intramolecular Hbond substituents is 1. The predicted octanol–water partition coefficient (Wildman–Crippen LogP) is 1.67. The summed E-state index contributed by atoms with van der Waals surface area (Å²) < 4.78 is 0. The normalized spacial score (nSPS) is 13.6. The maximum Gasteiger partial charge on any atom is 0.319 e. The summed E-state index contributed by atoms with van der Waals surface area (Å²) in [6, 6.07) is 6.00. The van der Waals surface area contributed by atoms with Crippen molar-refractivity contribution >= 4 is 11.7 Å². The third-order valence-corrected chi connectivity index (χ3v) is 3.42. The molecule has 1 fully saturated rings. The van der Waals surface area contributed by atoms with Crippen molar-refractivity contribution in [3.8, 4) is 5.75 Å². The van der Waals surface area contributed by atoms with Gasteiger partial charge in [-0.25, -0.2) is 9.78 Å². The number of anilines is 1. The van der Waals surface area contributed by atoms with Gasteiger partial charge in [-0.3, -0.25) is 4.79 Å². The zero-order chi connectivity index (χ0) is 15.5. The Labute approximate surface area is 126 Å². The van der Waals surface area contributed by atoms with Crippen molar-refractivity contribution in [3.05, 3.63) is 52.2 Å². The number of carbonyl (C=O) groups excluding carboxylic acids is 1. The van der Waals surface area contributed by atoms with Gasteiger partial charge < -0.3 is 20.7 Å². The summed E-state index contributed by atoms with van der Waals surface area (Å²) in [5.41, 5.74) is 0.605. The molecule has 1 aliphatic carbocycles. The lowest BCUT2D eigenvalue weighted by Gasteiger charge is -2.07. The number of amides is 2. The van der Waals surface area contributed by atoms with E-state index in [1.54, 1.807) is 24.3 Å². The Bertz CT molecular complexity index is 735. The molecule has 0 aliphatic heterocycles. The van der Waals surface area contributed by atoms with Gasteiger partial charge in [-0.2, -0.15) is 0 Å². The Hall–Kier alpha value is -2.83. The number of phenols is 1. The second-order valence-corrected chi connectivity index (χ2v) is 5.26. The summed E-state index contributed by atoms with van der Waals surface area (Å²) in [6.07, 6.45) is 3.47. The third kappa shape index (κ3) is 3.43. The number of H-pyrrole nitrogens is 1. The molecule has 0 saturated heterocycles. The average molecular weight is 300 g/mol. The smallest absolute Gasteiger partial charge is 0.319 e. The van der Waals surface area contributed by atoms with Crippen molar-refractivity contribution in [2.24, 2.45) is 0 Å². The van der Waals surface area contributed by atoms with Crippen LogP contribution in [0.1, 0.15) is 30.1 Å². The number of hydrogen-bond donors (Lipinski definition) is 4.